The topological polar surface area (TPSA) is 26.3 Å². The van der Waals surface area contributed by atoms with Crippen LogP contribution in [0.3, 0.4) is 0 Å². The van der Waals surface area contributed by atoms with E-state index in [4.69, 9.17) is 4.74 Å². The molecule has 0 aliphatic heterocycles. The van der Waals surface area contributed by atoms with Gasteiger partial charge in [0.15, 0.2) is 0 Å². The average molecular weight is 364 g/mol. The summed E-state index contributed by atoms with van der Waals surface area (Å²) in [7, 11) is 1.61. The molecule has 0 amide bonds. The van der Waals surface area contributed by atoms with Gasteiger partial charge < -0.3 is 0 Å². The third-order valence-electron chi connectivity index (χ3n) is 2.99. The summed E-state index contributed by atoms with van der Waals surface area (Å²) in [5.74, 6) is 0.691. The van der Waals surface area contributed by atoms with E-state index in [2.05, 4.69) is 12.1 Å². The Labute approximate surface area is 120 Å². The van der Waals surface area contributed by atoms with Gasteiger partial charge in [0.1, 0.15) is 0 Å². The van der Waals surface area contributed by atoms with Gasteiger partial charge in [-0.05, 0) is 0 Å². The molecule has 19 heavy (non-hydrogen) atoms. The molecule has 0 saturated carbocycles. The second kappa shape index (κ2) is 5.20. The first-order valence-corrected chi connectivity index (χ1v) is 8.29. The fourth-order valence-corrected chi connectivity index (χ4v) is 5.25. The first kappa shape index (κ1) is 12.5. The summed E-state index contributed by atoms with van der Waals surface area (Å²) in [5, 5.41) is 0.757. The van der Waals surface area contributed by atoms with E-state index in [-0.39, 0.29) is 5.43 Å². The van der Waals surface area contributed by atoms with Gasteiger partial charge in [0.25, 0.3) is 0 Å². The summed E-state index contributed by atoms with van der Waals surface area (Å²) in [6.45, 7) is 0. The molecule has 0 unspecified atom stereocenters. The van der Waals surface area contributed by atoms with E-state index >= 15 is 0 Å². The van der Waals surface area contributed by atoms with E-state index in [1.54, 1.807) is 13.2 Å². The molecule has 0 N–H and O–H groups in total. The summed E-state index contributed by atoms with van der Waals surface area (Å²) >= 11 is -0.540. The van der Waals surface area contributed by atoms with Crippen LogP contribution >= 0.6 is 0 Å². The van der Waals surface area contributed by atoms with Crippen molar-refractivity contribution in [2.24, 2.45) is 0 Å². The van der Waals surface area contributed by atoms with Crippen LogP contribution in [0.15, 0.2) is 59.4 Å². The molecule has 1 aromatic heterocycles. The number of hydrogen-bond donors (Lipinski definition) is 0. The molecule has 0 aliphatic rings. The molecule has 0 atom stereocenters. The Kier molecular flexibility index (Phi) is 3.42. The van der Waals surface area contributed by atoms with E-state index in [1.807, 2.05) is 36.4 Å². The Bertz CT molecular complexity index is 776. The number of benzene rings is 2. The Morgan fingerprint density at radius 3 is 2.53 bits per heavy atom. The van der Waals surface area contributed by atoms with Gasteiger partial charge in [0.05, 0.1) is 0 Å². The zero-order valence-electron chi connectivity index (χ0n) is 10.4. The van der Waals surface area contributed by atoms with Crippen molar-refractivity contribution in [2.75, 3.05) is 7.11 Å². The molecule has 0 spiro atoms. The fourth-order valence-electron chi connectivity index (χ4n) is 2.09. The van der Waals surface area contributed by atoms with Gasteiger partial charge in [-0.3, -0.25) is 0 Å². The number of rotatable bonds is 2. The minimum absolute atomic E-state index is 0.0580. The molecule has 0 aliphatic carbocycles. The van der Waals surface area contributed by atoms with Crippen LogP contribution in [-0.2, 0) is 0 Å². The fraction of sp³-hybridized carbons (Fsp3) is 0.0625. The number of hydrogen-bond acceptors (Lipinski definition) is 2. The molecule has 0 saturated heterocycles. The van der Waals surface area contributed by atoms with Gasteiger partial charge >= 0.3 is 121 Å². The van der Waals surface area contributed by atoms with Crippen LogP contribution < -0.4 is 10.2 Å². The van der Waals surface area contributed by atoms with Gasteiger partial charge in [-0.25, -0.2) is 0 Å². The molecule has 94 valence electrons. The first-order valence-electron chi connectivity index (χ1n) is 5.96. The van der Waals surface area contributed by atoms with Crippen LogP contribution in [0.1, 0.15) is 0 Å². The summed E-state index contributed by atoms with van der Waals surface area (Å²) in [6, 6.07) is 17.8. The van der Waals surface area contributed by atoms with Crippen molar-refractivity contribution in [1.82, 2.24) is 0 Å². The average Bonchev–Trinajstić information content (AvgIpc) is 2.47. The molecular weight excluding hydrogens is 352 g/mol. The van der Waals surface area contributed by atoms with Crippen molar-refractivity contribution in [2.45, 2.75) is 0 Å². The van der Waals surface area contributed by atoms with Crippen molar-refractivity contribution in [3.05, 3.63) is 64.8 Å². The maximum absolute atomic E-state index is 12.3. The van der Waals surface area contributed by atoms with Crippen molar-refractivity contribution >= 4 is 29.2 Å². The van der Waals surface area contributed by atoms with Crippen molar-refractivity contribution in [1.29, 1.82) is 0 Å². The number of ether oxygens (including phenoxy) is 1. The SMILES string of the molecule is COc1cccc2[te]c(-c3ccccc3)cc(=O)c12. The van der Waals surface area contributed by atoms with Gasteiger partial charge in [-0.2, -0.15) is 0 Å². The quantitative estimate of drug-likeness (QED) is 0.654. The Balaban J connectivity index is 2.30. The van der Waals surface area contributed by atoms with Crippen molar-refractivity contribution in [3.8, 4) is 14.9 Å². The summed E-state index contributed by atoms with van der Waals surface area (Å²) in [5.41, 5.74) is 1.22. The normalized spacial score (nSPS) is 10.6. The molecule has 2 aromatic carbocycles. The maximum atomic E-state index is 12.3. The van der Waals surface area contributed by atoms with Crippen molar-refractivity contribution < 1.29 is 4.74 Å². The molecular formula is C16H12O2Te. The van der Waals surface area contributed by atoms with E-state index in [1.165, 1.54) is 3.58 Å². The van der Waals surface area contributed by atoms with Crippen LogP contribution in [0.25, 0.3) is 17.9 Å². The summed E-state index contributed by atoms with van der Waals surface area (Å²) < 4.78 is 7.65. The van der Waals surface area contributed by atoms with Gasteiger partial charge in [-0.1, -0.05) is 0 Å². The predicted molar refractivity (Wildman–Crippen MR) is 79.1 cm³/mol. The minimum atomic E-state index is -0.540. The van der Waals surface area contributed by atoms with E-state index in [9.17, 15) is 4.79 Å². The molecule has 3 heteroatoms. The molecule has 3 rings (SSSR count). The van der Waals surface area contributed by atoms with Crippen LogP contribution in [0.5, 0.6) is 5.75 Å². The Morgan fingerprint density at radius 2 is 1.79 bits per heavy atom. The monoisotopic (exact) mass is 366 g/mol. The zero-order valence-corrected chi connectivity index (χ0v) is 12.8. The second-order valence-corrected chi connectivity index (χ2v) is 7.27. The summed E-state index contributed by atoms with van der Waals surface area (Å²) in [4.78, 5) is 12.3. The molecule has 0 bridgehead atoms. The molecule has 0 fully saturated rings. The number of fused-ring (bicyclic) bond motifs is 1. The van der Waals surface area contributed by atoms with Gasteiger partial charge in [0, 0.05) is 0 Å². The molecule has 1 heterocycles. The molecule has 2 nitrogen and oxygen atoms in total. The molecule has 3 aromatic rings. The first-order chi connectivity index (χ1) is 9.29. The number of methoxy groups -OCH3 is 1. The van der Waals surface area contributed by atoms with Crippen LogP contribution in [0.4, 0.5) is 0 Å². The van der Waals surface area contributed by atoms with Crippen molar-refractivity contribution in [3.63, 3.8) is 0 Å². The third-order valence-corrected chi connectivity index (χ3v) is 6.23. The van der Waals surface area contributed by atoms with E-state index < -0.39 is 20.4 Å². The van der Waals surface area contributed by atoms with E-state index in [0.29, 0.717) is 5.75 Å². The predicted octanol–water partition coefficient (Wildman–Crippen LogP) is 2.93. The van der Waals surface area contributed by atoms with Crippen LogP contribution in [0.2, 0.25) is 0 Å². The Morgan fingerprint density at radius 1 is 1.00 bits per heavy atom. The van der Waals surface area contributed by atoms with E-state index in [0.717, 1.165) is 14.4 Å². The second-order valence-electron chi connectivity index (χ2n) is 4.17. The molecule has 0 radical (unpaired) electrons. The van der Waals surface area contributed by atoms with Crippen LogP contribution in [0, 0.1) is 0 Å². The third kappa shape index (κ3) is 2.32. The summed E-state index contributed by atoms with van der Waals surface area (Å²) in [6.07, 6.45) is 0. The van der Waals surface area contributed by atoms with Gasteiger partial charge in [-0.15, -0.1) is 0 Å². The Hall–Kier alpha value is -1.56. The standard InChI is InChI=1S/C16H12O2Te/c1-18-13-8-5-9-14-16(13)12(17)10-15(19-14)11-6-3-2-4-7-11/h2-10H,1H3. The zero-order chi connectivity index (χ0) is 13.2. The van der Waals surface area contributed by atoms with Crippen LogP contribution in [-0.4, -0.2) is 27.5 Å². The van der Waals surface area contributed by atoms with Gasteiger partial charge in [0.2, 0.25) is 0 Å².